The van der Waals surface area contributed by atoms with Crippen LogP contribution in [0, 0.1) is 6.92 Å². The van der Waals surface area contributed by atoms with E-state index in [0.29, 0.717) is 18.0 Å². The SMILES string of the molecule is Cc1cccc(S(=O)(=O)N2CCCC2)c1. The zero-order valence-electron chi connectivity index (χ0n) is 8.81. The minimum Gasteiger partial charge on any atom is -0.207 e. The molecule has 1 aromatic rings. The maximum atomic E-state index is 12.1. The molecule has 1 aliphatic rings. The summed E-state index contributed by atoms with van der Waals surface area (Å²) in [6.07, 6.45) is 1.95. The van der Waals surface area contributed by atoms with E-state index in [1.807, 2.05) is 13.0 Å². The highest BCUT2D eigenvalue weighted by Gasteiger charge is 2.26. The van der Waals surface area contributed by atoms with Gasteiger partial charge in [-0.3, -0.25) is 0 Å². The van der Waals surface area contributed by atoms with Crippen molar-refractivity contribution in [1.82, 2.24) is 4.31 Å². The second-order valence-corrected chi connectivity index (χ2v) is 5.87. The zero-order valence-corrected chi connectivity index (χ0v) is 9.63. The van der Waals surface area contributed by atoms with Crippen LogP contribution in [0.2, 0.25) is 0 Å². The quantitative estimate of drug-likeness (QED) is 0.769. The molecule has 0 spiro atoms. The summed E-state index contributed by atoms with van der Waals surface area (Å²) in [5, 5.41) is 0. The van der Waals surface area contributed by atoms with Gasteiger partial charge in [0, 0.05) is 13.1 Å². The molecule has 15 heavy (non-hydrogen) atoms. The van der Waals surface area contributed by atoms with Crippen LogP contribution in [0.25, 0.3) is 0 Å². The van der Waals surface area contributed by atoms with Gasteiger partial charge < -0.3 is 0 Å². The van der Waals surface area contributed by atoms with Crippen molar-refractivity contribution in [2.75, 3.05) is 13.1 Å². The maximum Gasteiger partial charge on any atom is 0.243 e. The molecule has 0 N–H and O–H groups in total. The summed E-state index contributed by atoms with van der Waals surface area (Å²) in [6.45, 7) is 3.23. The van der Waals surface area contributed by atoms with Gasteiger partial charge in [-0.05, 0) is 37.5 Å². The molecule has 0 bridgehead atoms. The van der Waals surface area contributed by atoms with Crippen LogP contribution in [-0.2, 0) is 10.0 Å². The Morgan fingerprint density at radius 3 is 2.47 bits per heavy atom. The largest absolute Gasteiger partial charge is 0.243 e. The van der Waals surface area contributed by atoms with Gasteiger partial charge in [-0.15, -0.1) is 0 Å². The third-order valence-electron chi connectivity index (χ3n) is 2.69. The van der Waals surface area contributed by atoms with E-state index < -0.39 is 10.0 Å². The monoisotopic (exact) mass is 225 g/mol. The molecule has 0 atom stereocenters. The molecular weight excluding hydrogens is 210 g/mol. The first kappa shape index (κ1) is 10.6. The fourth-order valence-electron chi connectivity index (χ4n) is 1.85. The fraction of sp³-hybridized carbons (Fsp3) is 0.455. The van der Waals surface area contributed by atoms with Crippen LogP contribution in [0.5, 0.6) is 0 Å². The van der Waals surface area contributed by atoms with Gasteiger partial charge in [0.1, 0.15) is 0 Å². The summed E-state index contributed by atoms with van der Waals surface area (Å²) < 4.78 is 25.8. The highest BCUT2D eigenvalue weighted by molar-refractivity contribution is 7.89. The molecule has 1 aromatic carbocycles. The number of hydrogen-bond donors (Lipinski definition) is 0. The third-order valence-corrected chi connectivity index (χ3v) is 4.59. The first-order valence-electron chi connectivity index (χ1n) is 5.17. The van der Waals surface area contributed by atoms with Gasteiger partial charge in [-0.25, -0.2) is 8.42 Å². The van der Waals surface area contributed by atoms with Crippen LogP contribution in [-0.4, -0.2) is 25.8 Å². The van der Waals surface area contributed by atoms with E-state index in [0.717, 1.165) is 18.4 Å². The van der Waals surface area contributed by atoms with Crippen LogP contribution in [0.1, 0.15) is 18.4 Å². The number of aryl methyl sites for hydroxylation is 1. The fourth-order valence-corrected chi connectivity index (χ4v) is 3.48. The van der Waals surface area contributed by atoms with Gasteiger partial charge in [-0.1, -0.05) is 12.1 Å². The van der Waals surface area contributed by atoms with E-state index in [1.165, 1.54) is 0 Å². The van der Waals surface area contributed by atoms with Crippen LogP contribution in [0.3, 0.4) is 0 Å². The van der Waals surface area contributed by atoms with Gasteiger partial charge in [-0.2, -0.15) is 4.31 Å². The predicted molar refractivity (Wildman–Crippen MR) is 59.2 cm³/mol. The highest BCUT2D eigenvalue weighted by Crippen LogP contribution is 2.21. The van der Waals surface area contributed by atoms with Crippen LogP contribution < -0.4 is 0 Å². The average Bonchev–Trinajstić information content (AvgIpc) is 2.71. The van der Waals surface area contributed by atoms with Crippen molar-refractivity contribution in [2.45, 2.75) is 24.7 Å². The van der Waals surface area contributed by atoms with Crippen molar-refractivity contribution in [3.63, 3.8) is 0 Å². The molecule has 0 radical (unpaired) electrons. The van der Waals surface area contributed by atoms with E-state index in [1.54, 1.807) is 22.5 Å². The minimum absolute atomic E-state index is 0.421. The summed E-state index contributed by atoms with van der Waals surface area (Å²) in [6, 6.07) is 7.09. The molecule has 0 aliphatic carbocycles. The molecule has 1 heterocycles. The second kappa shape index (κ2) is 3.94. The van der Waals surface area contributed by atoms with Crippen molar-refractivity contribution in [3.05, 3.63) is 29.8 Å². The molecule has 1 saturated heterocycles. The molecule has 0 unspecified atom stereocenters. The number of rotatable bonds is 2. The molecule has 4 heteroatoms. The van der Waals surface area contributed by atoms with E-state index in [9.17, 15) is 8.42 Å². The lowest BCUT2D eigenvalue weighted by Gasteiger charge is -2.15. The standard InChI is InChI=1S/C11H15NO2S/c1-10-5-4-6-11(9-10)15(13,14)12-7-2-3-8-12/h4-6,9H,2-3,7-8H2,1H3. The van der Waals surface area contributed by atoms with Gasteiger partial charge in [0.15, 0.2) is 0 Å². The van der Waals surface area contributed by atoms with E-state index in [2.05, 4.69) is 0 Å². The van der Waals surface area contributed by atoms with Crippen LogP contribution in [0.4, 0.5) is 0 Å². The van der Waals surface area contributed by atoms with Crippen molar-refractivity contribution < 1.29 is 8.42 Å². The Morgan fingerprint density at radius 1 is 1.20 bits per heavy atom. The Kier molecular flexibility index (Phi) is 2.80. The van der Waals surface area contributed by atoms with E-state index in [-0.39, 0.29) is 0 Å². The molecule has 3 nitrogen and oxygen atoms in total. The number of hydrogen-bond acceptors (Lipinski definition) is 2. The number of sulfonamides is 1. The van der Waals surface area contributed by atoms with Gasteiger partial charge in [0.2, 0.25) is 10.0 Å². The van der Waals surface area contributed by atoms with Crippen molar-refractivity contribution >= 4 is 10.0 Å². The first-order valence-corrected chi connectivity index (χ1v) is 6.61. The Morgan fingerprint density at radius 2 is 1.87 bits per heavy atom. The number of nitrogens with zero attached hydrogens (tertiary/aromatic N) is 1. The lowest BCUT2D eigenvalue weighted by atomic mass is 10.2. The van der Waals surface area contributed by atoms with Gasteiger partial charge in [0.25, 0.3) is 0 Å². The minimum atomic E-state index is -3.23. The Balaban J connectivity index is 2.36. The van der Waals surface area contributed by atoms with Gasteiger partial charge >= 0.3 is 0 Å². The van der Waals surface area contributed by atoms with Crippen LogP contribution >= 0.6 is 0 Å². The second-order valence-electron chi connectivity index (χ2n) is 3.93. The Hall–Kier alpha value is -0.870. The predicted octanol–water partition coefficient (Wildman–Crippen LogP) is 1.78. The summed E-state index contributed by atoms with van der Waals surface area (Å²) in [7, 11) is -3.23. The normalized spacial score (nSPS) is 18.2. The maximum absolute atomic E-state index is 12.1. The highest BCUT2D eigenvalue weighted by atomic mass is 32.2. The first-order chi connectivity index (χ1) is 7.10. The zero-order chi connectivity index (χ0) is 10.9. The Labute approximate surface area is 90.8 Å². The van der Waals surface area contributed by atoms with Crippen LogP contribution in [0.15, 0.2) is 29.2 Å². The summed E-state index contributed by atoms with van der Waals surface area (Å²) >= 11 is 0. The molecule has 1 fully saturated rings. The molecule has 0 amide bonds. The summed E-state index contributed by atoms with van der Waals surface area (Å²) in [4.78, 5) is 0.421. The van der Waals surface area contributed by atoms with Crippen molar-refractivity contribution in [3.8, 4) is 0 Å². The lowest BCUT2D eigenvalue weighted by Crippen LogP contribution is -2.27. The molecular formula is C11H15NO2S. The van der Waals surface area contributed by atoms with E-state index in [4.69, 9.17) is 0 Å². The molecule has 0 aromatic heterocycles. The van der Waals surface area contributed by atoms with Crippen molar-refractivity contribution in [1.29, 1.82) is 0 Å². The molecule has 82 valence electrons. The number of benzene rings is 1. The van der Waals surface area contributed by atoms with E-state index >= 15 is 0 Å². The summed E-state index contributed by atoms with van der Waals surface area (Å²) in [5.41, 5.74) is 0.982. The third kappa shape index (κ3) is 2.06. The average molecular weight is 225 g/mol. The van der Waals surface area contributed by atoms with Gasteiger partial charge in [0.05, 0.1) is 4.90 Å². The molecule has 1 aliphatic heterocycles. The molecule has 0 saturated carbocycles. The molecule has 2 rings (SSSR count). The Bertz CT molecular complexity index is 447. The lowest BCUT2D eigenvalue weighted by molar-refractivity contribution is 0.477. The summed E-state index contributed by atoms with van der Waals surface area (Å²) in [5.74, 6) is 0. The smallest absolute Gasteiger partial charge is 0.207 e. The van der Waals surface area contributed by atoms with Crippen molar-refractivity contribution in [2.24, 2.45) is 0 Å². The topological polar surface area (TPSA) is 37.4 Å².